The van der Waals surface area contributed by atoms with E-state index in [1.165, 1.54) is 37.4 Å². The lowest BCUT2D eigenvalue weighted by Crippen LogP contribution is -2.15. The van der Waals surface area contributed by atoms with Gasteiger partial charge in [0.2, 0.25) is 11.2 Å². The van der Waals surface area contributed by atoms with Crippen molar-refractivity contribution in [3.63, 3.8) is 0 Å². The Morgan fingerprint density at radius 3 is 2.69 bits per heavy atom. The quantitative estimate of drug-likeness (QED) is 0.697. The molecule has 0 aliphatic rings. The minimum absolute atomic E-state index is 0.0362. The third-order valence-corrected chi connectivity index (χ3v) is 4.39. The van der Waals surface area contributed by atoms with Crippen molar-refractivity contribution < 1.29 is 23.4 Å². The van der Waals surface area contributed by atoms with Crippen LogP contribution in [0.15, 0.2) is 51.7 Å². The van der Waals surface area contributed by atoms with Gasteiger partial charge in [-0.1, -0.05) is 29.8 Å². The Morgan fingerprint density at radius 1 is 1.27 bits per heavy atom. The van der Waals surface area contributed by atoms with Crippen LogP contribution < -0.4 is 5.43 Å². The smallest absolute Gasteiger partial charge is 0.306 e. The molecule has 1 atom stereocenters. The van der Waals surface area contributed by atoms with Gasteiger partial charge in [0.05, 0.1) is 24.8 Å². The molecular formula is C19H14ClFO5. The average Bonchev–Trinajstić information content (AvgIpc) is 2.63. The van der Waals surface area contributed by atoms with Gasteiger partial charge < -0.3 is 14.3 Å². The fraction of sp³-hybridized carbons (Fsp3) is 0.158. The average molecular weight is 377 g/mol. The van der Waals surface area contributed by atoms with Gasteiger partial charge in [0, 0.05) is 10.6 Å². The molecule has 0 spiro atoms. The van der Waals surface area contributed by atoms with Crippen molar-refractivity contribution in [2.24, 2.45) is 0 Å². The van der Waals surface area contributed by atoms with Crippen LogP contribution in [0.3, 0.4) is 0 Å². The number of hydrogen-bond acceptors (Lipinski definition) is 5. The van der Waals surface area contributed by atoms with E-state index >= 15 is 0 Å². The van der Waals surface area contributed by atoms with Gasteiger partial charge in [-0.25, -0.2) is 4.39 Å². The zero-order valence-corrected chi connectivity index (χ0v) is 14.4. The number of methoxy groups -OCH3 is 1. The summed E-state index contributed by atoms with van der Waals surface area (Å²) in [5.41, 5.74) is -0.537. The van der Waals surface area contributed by atoms with E-state index in [1.54, 1.807) is 12.1 Å². The Balaban J connectivity index is 2.29. The number of esters is 1. The molecule has 0 saturated heterocycles. The molecule has 134 valence electrons. The van der Waals surface area contributed by atoms with E-state index in [0.717, 1.165) is 0 Å². The lowest BCUT2D eigenvalue weighted by atomic mass is 9.91. The number of aromatic hydroxyl groups is 1. The maximum atomic E-state index is 14.4. The highest BCUT2D eigenvalue weighted by molar-refractivity contribution is 6.31. The molecule has 1 N–H and O–H groups in total. The summed E-state index contributed by atoms with van der Waals surface area (Å²) in [5.74, 6) is -3.44. The van der Waals surface area contributed by atoms with Crippen LogP contribution in [0.5, 0.6) is 5.75 Å². The fourth-order valence-electron chi connectivity index (χ4n) is 2.81. The number of carbonyl (C=O) groups excluding carboxylic acids is 1. The van der Waals surface area contributed by atoms with Gasteiger partial charge in [-0.3, -0.25) is 9.59 Å². The number of ether oxygens (including phenoxy) is 1. The highest BCUT2D eigenvalue weighted by Crippen LogP contribution is 2.39. The summed E-state index contributed by atoms with van der Waals surface area (Å²) in [6.45, 7) is 0. The molecule has 3 aromatic rings. The van der Waals surface area contributed by atoms with Crippen LogP contribution in [0.25, 0.3) is 11.0 Å². The summed E-state index contributed by atoms with van der Waals surface area (Å²) < 4.78 is 24.8. The number of carbonyl (C=O) groups is 1. The molecule has 1 heterocycles. The van der Waals surface area contributed by atoms with Crippen molar-refractivity contribution in [1.82, 2.24) is 0 Å². The Hall–Kier alpha value is -2.86. The minimum Gasteiger partial charge on any atom is -0.502 e. The number of para-hydroxylation sites is 1. The highest BCUT2D eigenvalue weighted by atomic mass is 35.5. The predicted octanol–water partition coefficient (Wildman–Crippen LogP) is 3.99. The van der Waals surface area contributed by atoms with Crippen LogP contribution in [0, 0.1) is 5.82 Å². The zero-order chi connectivity index (χ0) is 18.8. The van der Waals surface area contributed by atoms with Crippen LogP contribution in [0.2, 0.25) is 5.02 Å². The Morgan fingerprint density at radius 2 is 2.00 bits per heavy atom. The summed E-state index contributed by atoms with van der Waals surface area (Å²) in [6.07, 6.45) is -0.369. The van der Waals surface area contributed by atoms with E-state index in [9.17, 15) is 19.1 Å². The van der Waals surface area contributed by atoms with Crippen molar-refractivity contribution in [2.75, 3.05) is 7.11 Å². The van der Waals surface area contributed by atoms with E-state index in [4.69, 9.17) is 16.0 Å². The molecule has 0 unspecified atom stereocenters. The van der Waals surface area contributed by atoms with Crippen molar-refractivity contribution in [1.29, 1.82) is 0 Å². The summed E-state index contributed by atoms with van der Waals surface area (Å²) >= 11 is 6.12. The van der Waals surface area contributed by atoms with Crippen molar-refractivity contribution in [3.8, 4) is 5.75 Å². The van der Waals surface area contributed by atoms with Crippen molar-refractivity contribution >= 4 is 28.5 Å². The first-order chi connectivity index (χ1) is 12.4. The predicted molar refractivity (Wildman–Crippen MR) is 94.0 cm³/mol. The molecule has 0 saturated carbocycles. The molecule has 0 bridgehead atoms. The lowest BCUT2D eigenvalue weighted by Gasteiger charge is -2.18. The minimum atomic E-state index is -1.13. The van der Waals surface area contributed by atoms with E-state index in [2.05, 4.69) is 4.74 Å². The topological polar surface area (TPSA) is 76.7 Å². The van der Waals surface area contributed by atoms with Gasteiger partial charge >= 0.3 is 5.97 Å². The molecule has 2 aromatic carbocycles. The van der Waals surface area contributed by atoms with Crippen LogP contribution in [0.1, 0.15) is 23.7 Å². The molecule has 0 aliphatic heterocycles. The Bertz CT molecular complexity index is 1020. The van der Waals surface area contributed by atoms with Gasteiger partial charge in [0.1, 0.15) is 11.4 Å². The van der Waals surface area contributed by atoms with Crippen molar-refractivity contribution in [2.45, 2.75) is 12.3 Å². The summed E-state index contributed by atoms with van der Waals surface area (Å²) in [5, 5.41) is 10.6. The van der Waals surface area contributed by atoms with Crippen LogP contribution >= 0.6 is 11.6 Å². The van der Waals surface area contributed by atoms with Gasteiger partial charge in [-0.2, -0.15) is 0 Å². The highest BCUT2D eigenvalue weighted by Gasteiger charge is 2.30. The van der Waals surface area contributed by atoms with Crippen LogP contribution in [-0.4, -0.2) is 18.2 Å². The molecular weight excluding hydrogens is 363 g/mol. The number of benzene rings is 2. The van der Waals surface area contributed by atoms with Crippen LogP contribution in [0.4, 0.5) is 4.39 Å². The summed E-state index contributed by atoms with van der Waals surface area (Å²) in [7, 11) is 1.18. The first-order valence-corrected chi connectivity index (χ1v) is 8.07. The third kappa shape index (κ3) is 3.15. The number of fused-ring (bicyclic) bond motifs is 1. The Kier molecular flexibility index (Phi) is 4.95. The molecule has 0 radical (unpaired) electrons. The second-order valence-electron chi connectivity index (χ2n) is 5.61. The van der Waals surface area contributed by atoms with E-state index in [0.29, 0.717) is 0 Å². The summed E-state index contributed by atoms with van der Waals surface area (Å²) in [4.78, 5) is 24.3. The molecule has 7 heteroatoms. The zero-order valence-electron chi connectivity index (χ0n) is 13.7. The number of halogens is 2. The maximum absolute atomic E-state index is 14.4. The maximum Gasteiger partial charge on any atom is 0.306 e. The van der Waals surface area contributed by atoms with Gasteiger partial charge in [0.15, 0.2) is 5.76 Å². The van der Waals surface area contributed by atoms with E-state index in [-0.39, 0.29) is 33.7 Å². The second kappa shape index (κ2) is 7.17. The van der Waals surface area contributed by atoms with E-state index in [1.807, 2.05) is 0 Å². The SMILES string of the molecule is COC(=O)C[C@H](c1oc2ccccc2c(=O)c1O)c1c(F)cccc1Cl. The molecule has 5 nitrogen and oxygen atoms in total. The fourth-order valence-corrected chi connectivity index (χ4v) is 3.10. The second-order valence-corrected chi connectivity index (χ2v) is 6.02. The van der Waals surface area contributed by atoms with Crippen LogP contribution in [-0.2, 0) is 9.53 Å². The monoisotopic (exact) mass is 376 g/mol. The number of rotatable bonds is 4. The largest absolute Gasteiger partial charge is 0.502 e. The molecule has 0 amide bonds. The standard InChI is InChI=1S/C19H14ClFO5/c1-25-15(22)9-11(16-12(20)6-4-7-13(16)21)19-18(24)17(23)10-5-2-3-8-14(10)26-19/h2-8,11,24H,9H2,1H3/t11-/m0/s1. The number of hydrogen-bond donors (Lipinski definition) is 1. The molecule has 0 aliphatic carbocycles. The molecule has 3 rings (SSSR count). The molecule has 26 heavy (non-hydrogen) atoms. The van der Waals surface area contributed by atoms with E-state index < -0.39 is 28.9 Å². The third-order valence-electron chi connectivity index (χ3n) is 4.06. The van der Waals surface area contributed by atoms with Gasteiger partial charge in [0.25, 0.3) is 0 Å². The molecule has 1 aromatic heterocycles. The molecule has 0 fully saturated rings. The normalized spacial score (nSPS) is 12.1. The van der Waals surface area contributed by atoms with Gasteiger partial charge in [-0.15, -0.1) is 0 Å². The van der Waals surface area contributed by atoms with Crippen molar-refractivity contribution in [3.05, 3.63) is 74.9 Å². The first-order valence-electron chi connectivity index (χ1n) is 7.69. The first kappa shape index (κ1) is 17.9. The van der Waals surface area contributed by atoms with Gasteiger partial charge in [-0.05, 0) is 24.3 Å². The summed E-state index contributed by atoms with van der Waals surface area (Å²) in [6, 6.07) is 10.3. The lowest BCUT2D eigenvalue weighted by molar-refractivity contribution is -0.140. The Labute approximate surface area is 152 Å².